The van der Waals surface area contributed by atoms with Crippen LogP contribution in [0.4, 0.5) is 5.69 Å². The fraction of sp³-hybridized carbons (Fsp3) is 0.235. The highest BCUT2D eigenvalue weighted by atomic mass is 16.5. The van der Waals surface area contributed by atoms with Gasteiger partial charge in [0, 0.05) is 0 Å². The average Bonchev–Trinajstić information content (AvgIpc) is 2.46. The molecule has 0 aliphatic heterocycles. The lowest BCUT2D eigenvalue weighted by Crippen LogP contribution is -2.12. The molecular weight excluding hydrogens is 266 g/mol. The Hall–Kier alpha value is -2.49. The number of esters is 1. The van der Waals surface area contributed by atoms with E-state index in [4.69, 9.17) is 15.2 Å². The van der Waals surface area contributed by atoms with E-state index < -0.39 is 0 Å². The van der Waals surface area contributed by atoms with Crippen molar-refractivity contribution < 1.29 is 14.3 Å². The van der Waals surface area contributed by atoms with E-state index in [2.05, 4.69) is 0 Å². The summed E-state index contributed by atoms with van der Waals surface area (Å²) in [5.74, 6) is 0.172. The molecule has 110 valence electrons. The maximum Gasteiger partial charge on any atom is 0.338 e. The molecule has 4 nitrogen and oxygen atoms in total. The number of carbonyl (C=O) groups is 1. The van der Waals surface area contributed by atoms with Crippen molar-refractivity contribution in [3.63, 3.8) is 0 Å². The summed E-state index contributed by atoms with van der Waals surface area (Å²) in [4.78, 5) is 11.8. The van der Waals surface area contributed by atoms with Gasteiger partial charge in [0.1, 0.15) is 12.4 Å². The van der Waals surface area contributed by atoms with E-state index in [1.807, 2.05) is 30.3 Å². The minimum atomic E-state index is -0.383. The van der Waals surface area contributed by atoms with Gasteiger partial charge in [-0.15, -0.1) is 0 Å². The summed E-state index contributed by atoms with van der Waals surface area (Å²) < 4.78 is 10.8. The number of carbonyl (C=O) groups excluding carboxylic acids is 1. The van der Waals surface area contributed by atoms with Gasteiger partial charge in [0.15, 0.2) is 0 Å². The van der Waals surface area contributed by atoms with E-state index in [9.17, 15) is 4.79 Å². The second kappa shape index (κ2) is 6.79. The predicted octanol–water partition coefficient (Wildman–Crippen LogP) is 3.41. The van der Waals surface area contributed by atoms with Crippen molar-refractivity contribution in [3.05, 3.63) is 59.7 Å². The third-order valence-corrected chi connectivity index (χ3v) is 2.83. The summed E-state index contributed by atoms with van der Waals surface area (Å²) in [5.41, 5.74) is 7.82. The highest BCUT2D eigenvalue weighted by molar-refractivity contribution is 5.91. The van der Waals surface area contributed by atoms with Gasteiger partial charge in [0.05, 0.1) is 17.4 Å². The third-order valence-electron chi connectivity index (χ3n) is 2.83. The van der Waals surface area contributed by atoms with Crippen LogP contribution in [0.25, 0.3) is 0 Å². The van der Waals surface area contributed by atoms with Gasteiger partial charge in [0.25, 0.3) is 0 Å². The van der Waals surface area contributed by atoms with Crippen LogP contribution in [0.1, 0.15) is 29.8 Å². The molecule has 0 amide bonds. The molecule has 4 heteroatoms. The molecule has 0 radical (unpaired) electrons. The normalized spacial score (nSPS) is 10.4. The van der Waals surface area contributed by atoms with Crippen molar-refractivity contribution in [2.75, 3.05) is 5.73 Å². The standard InChI is InChI=1S/C17H19NO3/c1-12(2)21-17(19)14-8-9-16(15(18)10-14)20-11-13-6-4-3-5-7-13/h3-10,12H,11,18H2,1-2H3. The molecule has 2 aromatic carbocycles. The number of ether oxygens (including phenoxy) is 2. The number of anilines is 1. The van der Waals surface area contributed by atoms with Gasteiger partial charge in [-0.3, -0.25) is 0 Å². The molecule has 0 aliphatic carbocycles. The molecule has 0 aromatic heterocycles. The Balaban J connectivity index is 2.04. The van der Waals surface area contributed by atoms with Crippen LogP contribution in [0.5, 0.6) is 5.75 Å². The summed E-state index contributed by atoms with van der Waals surface area (Å²) in [6.45, 7) is 4.04. The Labute approximate surface area is 124 Å². The second-order valence-corrected chi connectivity index (χ2v) is 4.98. The van der Waals surface area contributed by atoms with E-state index in [1.165, 1.54) is 0 Å². The highest BCUT2D eigenvalue weighted by Crippen LogP contribution is 2.24. The van der Waals surface area contributed by atoms with Crippen molar-refractivity contribution in [3.8, 4) is 5.75 Å². The lowest BCUT2D eigenvalue weighted by molar-refractivity contribution is 0.0378. The van der Waals surface area contributed by atoms with Gasteiger partial charge in [0.2, 0.25) is 0 Å². The van der Waals surface area contributed by atoms with E-state index in [-0.39, 0.29) is 12.1 Å². The molecule has 0 saturated carbocycles. The molecule has 0 heterocycles. The molecule has 0 bridgehead atoms. The van der Waals surface area contributed by atoms with Gasteiger partial charge in [-0.25, -0.2) is 4.79 Å². The first-order chi connectivity index (χ1) is 10.1. The van der Waals surface area contributed by atoms with Crippen LogP contribution in [0.15, 0.2) is 48.5 Å². The zero-order chi connectivity index (χ0) is 15.2. The molecule has 0 spiro atoms. The molecule has 0 fully saturated rings. The molecule has 0 unspecified atom stereocenters. The Morgan fingerprint density at radius 2 is 1.86 bits per heavy atom. The lowest BCUT2D eigenvalue weighted by Gasteiger charge is -2.11. The highest BCUT2D eigenvalue weighted by Gasteiger charge is 2.11. The Morgan fingerprint density at radius 3 is 2.48 bits per heavy atom. The maximum absolute atomic E-state index is 11.8. The summed E-state index contributed by atoms with van der Waals surface area (Å²) in [6.07, 6.45) is -0.160. The summed E-state index contributed by atoms with van der Waals surface area (Å²) in [6, 6.07) is 14.7. The number of nitrogens with two attached hydrogens (primary N) is 1. The lowest BCUT2D eigenvalue weighted by atomic mass is 10.2. The van der Waals surface area contributed by atoms with Crippen molar-refractivity contribution in [2.24, 2.45) is 0 Å². The van der Waals surface area contributed by atoms with Gasteiger partial charge >= 0.3 is 5.97 Å². The van der Waals surface area contributed by atoms with Crippen LogP contribution in [0.2, 0.25) is 0 Å². The van der Waals surface area contributed by atoms with Gasteiger partial charge in [-0.05, 0) is 37.6 Å². The minimum absolute atomic E-state index is 0.160. The van der Waals surface area contributed by atoms with Crippen LogP contribution < -0.4 is 10.5 Å². The number of nitrogen functional groups attached to an aromatic ring is 1. The Kier molecular flexibility index (Phi) is 4.82. The molecule has 21 heavy (non-hydrogen) atoms. The number of hydrogen-bond acceptors (Lipinski definition) is 4. The first kappa shape index (κ1) is 14.9. The third kappa shape index (κ3) is 4.24. The summed E-state index contributed by atoms with van der Waals surface area (Å²) in [5, 5.41) is 0. The second-order valence-electron chi connectivity index (χ2n) is 4.98. The van der Waals surface area contributed by atoms with E-state index in [1.54, 1.807) is 32.0 Å². The van der Waals surface area contributed by atoms with E-state index >= 15 is 0 Å². The maximum atomic E-state index is 11.8. The van der Waals surface area contributed by atoms with Crippen molar-refractivity contribution in [2.45, 2.75) is 26.6 Å². The average molecular weight is 285 g/mol. The quantitative estimate of drug-likeness (QED) is 0.675. The van der Waals surface area contributed by atoms with Crippen LogP contribution in [-0.4, -0.2) is 12.1 Å². The van der Waals surface area contributed by atoms with Crippen LogP contribution in [0, 0.1) is 0 Å². The number of hydrogen-bond donors (Lipinski definition) is 1. The molecule has 0 atom stereocenters. The van der Waals surface area contributed by atoms with E-state index in [0.29, 0.717) is 23.6 Å². The molecule has 0 saturated heterocycles. The fourth-order valence-electron chi connectivity index (χ4n) is 1.82. The Bertz CT molecular complexity index is 609. The molecular formula is C17H19NO3. The smallest absolute Gasteiger partial charge is 0.338 e. The molecule has 2 rings (SSSR count). The largest absolute Gasteiger partial charge is 0.487 e. The predicted molar refractivity (Wildman–Crippen MR) is 82.2 cm³/mol. The SMILES string of the molecule is CC(C)OC(=O)c1ccc(OCc2ccccc2)c(N)c1. The van der Waals surface area contributed by atoms with Crippen LogP contribution >= 0.6 is 0 Å². The molecule has 2 aromatic rings. The van der Waals surface area contributed by atoms with Gasteiger partial charge < -0.3 is 15.2 Å². The first-order valence-corrected chi connectivity index (χ1v) is 6.83. The van der Waals surface area contributed by atoms with Crippen molar-refractivity contribution >= 4 is 11.7 Å². The topological polar surface area (TPSA) is 61.5 Å². The van der Waals surface area contributed by atoms with Crippen molar-refractivity contribution in [1.29, 1.82) is 0 Å². The van der Waals surface area contributed by atoms with Gasteiger partial charge in [-0.1, -0.05) is 30.3 Å². The first-order valence-electron chi connectivity index (χ1n) is 6.83. The van der Waals surface area contributed by atoms with E-state index in [0.717, 1.165) is 5.56 Å². The zero-order valence-corrected chi connectivity index (χ0v) is 12.2. The van der Waals surface area contributed by atoms with Crippen LogP contribution in [0.3, 0.4) is 0 Å². The zero-order valence-electron chi connectivity index (χ0n) is 12.2. The molecule has 0 aliphatic rings. The summed E-state index contributed by atoms with van der Waals surface area (Å²) >= 11 is 0. The Morgan fingerprint density at radius 1 is 1.14 bits per heavy atom. The number of rotatable bonds is 5. The molecule has 2 N–H and O–H groups in total. The van der Waals surface area contributed by atoms with Gasteiger partial charge in [-0.2, -0.15) is 0 Å². The summed E-state index contributed by atoms with van der Waals surface area (Å²) in [7, 11) is 0. The minimum Gasteiger partial charge on any atom is -0.487 e. The monoisotopic (exact) mass is 285 g/mol. The fourth-order valence-corrected chi connectivity index (χ4v) is 1.82. The van der Waals surface area contributed by atoms with Crippen LogP contribution in [-0.2, 0) is 11.3 Å². The number of benzene rings is 2. The van der Waals surface area contributed by atoms with Crippen molar-refractivity contribution in [1.82, 2.24) is 0 Å².